The molecule has 39 heavy (non-hydrogen) atoms. The van der Waals surface area contributed by atoms with Gasteiger partial charge in [-0.05, 0) is 68.5 Å². The number of carbonyl (C=O) groups is 2. The maximum absolute atomic E-state index is 13.8. The SMILES string of the molecule is CC(C)n1c([C@H](CCCCC(=N)CCl)NC(=O)c2cc(-c3ccccc3)ccc2C(=O)O)nc2ccccc21. The molecule has 0 radical (unpaired) electrons. The molecule has 4 aromatic rings. The molecular weight excluding hydrogens is 512 g/mol. The molecule has 3 aromatic carbocycles. The first kappa shape index (κ1) is 28.0. The summed E-state index contributed by atoms with van der Waals surface area (Å²) in [6, 6.07) is 21.9. The third-order valence-electron chi connectivity index (χ3n) is 6.74. The second-order valence-corrected chi connectivity index (χ2v) is 10.1. The van der Waals surface area contributed by atoms with E-state index in [1.807, 2.05) is 54.6 Å². The summed E-state index contributed by atoms with van der Waals surface area (Å²) < 4.78 is 2.12. The van der Waals surface area contributed by atoms with Gasteiger partial charge in [0, 0.05) is 11.8 Å². The number of hydrogen-bond acceptors (Lipinski definition) is 4. The smallest absolute Gasteiger partial charge is 0.336 e. The Labute approximate surface area is 233 Å². The molecule has 1 amide bonds. The number of aromatic carboxylic acids is 1. The molecule has 0 unspecified atom stereocenters. The summed E-state index contributed by atoms with van der Waals surface area (Å²) in [5, 5.41) is 20.8. The van der Waals surface area contributed by atoms with E-state index in [0.717, 1.165) is 40.8 Å². The molecule has 1 atom stereocenters. The number of carboxylic acid groups (broad SMARTS) is 1. The Balaban J connectivity index is 1.71. The van der Waals surface area contributed by atoms with E-state index in [1.54, 1.807) is 12.1 Å². The number of imidazole rings is 1. The lowest BCUT2D eigenvalue weighted by molar-refractivity contribution is 0.0690. The standard InChI is InChI=1S/C31H33ClN4O3/c1-20(2)36-28-15-9-8-13-26(28)34-29(36)27(14-7-6-12-23(33)19-32)35-30(37)25-18-22(16-17-24(25)31(38)39)21-10-4-3-5-11-21/h3-5,8-11,13,15-18,20,27,33H,6-7,12,14,19H2,1-2H3,(H,35,37)(H,38,39)/t27-/m0/s1. The van der Waals surface area contributed by atoms with Crippen molar-refractivity contribution in [2.45, 2.75) is 51.6 Å². The van der Waals surface area contributed by atoms with Crippen molar-refractivity contribution >= 4 is 40.2 Å². The highest BCUT2D eigenvalue weighted by atomic mass is 35.5. The van der Waals surface area contributed by atoms with Crippen molar-refractivity contribution in [2.24, 2.45) is 0 Å². The van der Waals surface area contributed by atoms with Crippen LogP contribution in [0.15, 0.2) is 72.8 Å². The summed E-state index contributed by atoms with van der Waals surface area (Å²) in [5.74, 6) is -0.696. The monoisotopic (exact) mass is 544 g/mol. The van der Waals surface area contributed by atoms with E-state index in [1.165, 1.54) is 6.07 Å². The normalized spacial score (nSPS) is 12.0. The Morgan fingerprint density at radius 3 is 2.38 bits per heavy atom. The zero-order chi connectivity index (χ0) is 27.9. The second kappa shape index (κ2) is 12.7. The van der Waals surface area contributed by atoms with Gasteiger partial charge >= 0.3 is 5.97 Å². The van der Waals surface area contributed by atoms with Crippen LogP contribution >= 0.6 is 11.6 Å². The van der Waals surface area contributed by atoms with Crippen molar-refractivity contribution in [3.63, 3.8) is 0 Å². The molecule has 1 heterocycles. The van der Waals surface area contributed by atoms with Crippen molar-refractivity contribution in [1.82, 2.24) is 14.9 Å². The number of carboxylic acids is 1. The lowest BCUT2D eigenvalue weighted by Crippen LogP contribution is -2.32. The number of hydrogen-bond donors (Lipinski definition) is 3. The van der Waals surface area contributed by atoms with E-state index in [4.69, 9.17) is 22.0 Å². The van der Waals surface area contributed by atoms with E-state index in [2.05, 4.69) is 23.7 Å². The third-order valence-corrected chi connectivity index (χ3v) is 7.06. The molecule has 1 aromatic heterocycles. The first-order chi connectivity index (χ1) is 18.8. The summed E-state index contributed by atoms with van der Waals surface area (Å²) in [4.78, 5) is 30.7. The third kappa shape index (κ3) is 6.55. The number of amides is 1. The molecule has 0 spiro atoms. The lowest BCUT2D eigenvalue weighted by atomic mass is 9.98. The Bertz CT molecular complexity index is 1480. The van der Waals surface area contributed by atoms with Crippen LogP contribution in [-0.2, 0) is 0 Å². The van der Waals surface area contributed by atoms with Gasteiger partial charge in [-0.25, -0.2) is 9.78 Å². The van der Waals surface area contributed by atoms with Gasteiger partial charge in [-0.3, -0.25) is 4.79 Å². The molecule has 0 saturated carbocycles. The van der Waals surface area contributed by atoms with Crippen LogP contribution in [0.3, 0.4) is 0 Å². The molecule has 0 aliphatic rings. The van der Waals surface area contributed by atoms with Crippen molar-refractivity contribution in [2.75, 3.05) is 5.88 Å². The number of carbonyl (C=O) groups excluding carboxylic acids is 1. The minimum atomic E-state index is -1.16. The van der Waals surface area contributed by atoms with Gasteiger partial charge in [-0.1, -0.05) is 55.0 Å². The number of aromatic nitrogens is 2. The number of benzene rings is 3. The predicted molar refractivity (Wildman–Crippen MR) is 156 cm³/mol. The van der Waals surface area contributed by atoms with Gasteiger partial charge in [0.1, 0.15) is 5.82 Å². The number of rotatable bonds is 12. The zero-order valence-corrected chi connectivity index (χ0v) is 22.9. The van der Waals surface area contributed by atoms with E-state index in [0.29, 0.717) is 18.6 Å². The van der Waals surface area contributed by atoms with Crippen LogP contribution in [0.5, 0.6) is 0 Å². The van der Waals surface area contributed by atoms with Crippen LogP contribution in [0.2, 0.25) is 0 Å². The molecular formula is C31H33ClN4O3. The van der Waals surface area contributed by atoms with E-state index < -0.39 is 17.9 Å². The summed E-state index contributed by atoms with van der Waals surface area (Å²) >= 11 is 5.78. The highest BCUT2D eigenvalue weighted by Gasteiger charge is 2.26. The Kier molecular flexibility index (Phi) is 9.15. The Morgan fingerprint density at radius 1 is 0.974 bits per heavy atom. The summed E-state index contributed by atoms with van der Waals surface area (Å²) in [6.45, 7) is 4.15. The summed E-state index contributed by atoms with van der Waals surface area (Å²) in [5.41, 5.74) is 3.99. The highest BCUT2D eigenvalue weighted by Crippen LogP contribution is 2.29. The van der Waals surface area contributed by atoms with Crippen LogP contribution in [-0.4, -0.2) is 38.1 Å². The van der Waals surface area contributed by atoms with Crippen LogP contribution in [0.1, 0.15) is 78.2 Å². The van der Waals surface area contributed by atoms with Gasteiger partial charge in [0.15, 0.2) is 0 Å². The number of alkyl halides is 1. The molecule has 7 nitrogen and oxygen atoms in total. The molecule has 0 aliphatic heterocycles. The fourth-order valence-electron chi connectivity index (χ4n) is 4.84. The maximum Gasteiger partial charge on any atom is 0.336 e. The highest BCUT2D eigenvalue weighted by molar-refractivity contribution is 6.28. The molecule has 202 valence electrons. The molecule has 0 saturated heterocycles. The minimum Gasteiger partial charge on any atom is -0.478 e. The first-order valence-electron chi connectivity index (χ1n) is 13.1. The van der Waals surface area contributed by atoms with Crippen molar-refractivity contribution in [3.05, 3.63) is 89.7 Å². The molecule has 0 aliphatic carbocycles. The van der Waals surface area contributed by atoms with Crippen LogP contribution in [0, 0.1) is 5.41 Å². The number of nitrogens with one attached hydrogen (secondary N) is 2. The number of para-hydroxylation sites is 2. The Morgan fingerprint density at radius 2 is 1.69 bits per heavy atom. The maximum atomic E-state index is 13.8. The van der Waals surface area contributed by atoms with Crippen LogP contribution in [0.25, 0.3) is 22.2 Å². The van der Waals surface area contributed by atoms with Crippen molar-refractivity contribution < 1.29 is 14.7 Å². The average molecular weight is 545 g/mol. The molecule has 3 N–H and O–H groups in total. The van der Waals surface area contributed by atoms with Gasteiger partial charge < -0.3 is 20.4 Å². The molecule has 4 rings (SSSR count). The predicted octanol–water partition coefficient (Wildman–Crippen LogP) is 7.27. The second-order valence-electron chi connectivity index (χ2n) is 9.86. The van der Waals surface area contributed by atoms with Gasteiger partial charge in [-0.15, -0.1) is 11.6 Å². The number of nitrogens with zero attached hydrogens (tertiary/aromatic N) is 2. The minimum absolute atomic E-state index is 0.0566. The van der Waals surface area contributed by atoms with Gasteiger partial charge in [0.25, 0.3) is 5.91 Å². The largest absolute Gasteiger partial charge is 0.478 e. The van der Waals surface area contributed by atoms with Crippen LogP contribution < -0.4 is 5.32 Å². The fourth-order valence-corrected chi connectivity index (χ4v) is 4.97. The topological polar surface area (TPSA) is 108 Å². The molecule has 8 heteroatoms. The fraction of sp³-hybridized carbons (Fsp3) is 0.290. The van der Waals surface area contributed by atoms with Crippen molar-refractivity contribution in [3.8, 4) is 11.1 Å². The van der Waals surface area contributed by atoms with E-state index in [9.17, 15) is 14.7 Å². The molecule has 0 fully saturated rings. The van der Waals surface area contributed by atoms with Gasteiger partial charge in [0.2, 0.25) is 0 Å². The average Bonchev–Trinajstić information content (AvgIpc) is 3.34. The quantitative estimate of drug-likeness (QED) is 0.0989. The molecule has 0 bridgehead atoms. The van der Waals surface area contributed by atoms with Gasteiger partial charge in [-0.2, -0.15) is 0 Å². The van der Waals surface area contributed by atoms with E-state index in [-0.39, 0.29) is 23.0 Å². The number of fused-ring (bicyclic) bond motifs is 1. The zero-order valence-electron chi connectivity index (χ0n) is 22.2. The van der Waals surface area contributed by atoms with Crippen LogP contribution in [0.4, 0.5) is 0 Å². The number of halogens is 1. The summed E-state index contributed by atoms with van der Waals surface area (Å²) in [6.07, 6.45) is 2.66. The van der Waals surface area contributed by atoms with Gasteiger partial charge in [0.05, 0.1) is 34.1 Å². The first-order valence-corrected chi connectivity index (χ1v) is 13.7. The van der Waals surface area contributed by atoms with Crippen molar-refractivity contribution in [1.29, 1.82) is 5.41 Å². The lowest BCUT2D eigenvalue weighted by Gasteiger charge is -2.23. The Hall–Kier alpha value is -3.97. The van der Waals surface area contributed by atoms with E-state index >= 15 is 0 Å². The summed E-state index contributed by atoms with van der Waals surface area (Å²) in [7, 11) is 0. The number of unbranched alkanes of at least 4 members (excludes halogenated alkanes) is 1.